The molecule has 2 heterocycles. The molecule has 0 aromatic heterocycles. The van der Waals surface area contributed by atoms with Crippen LogP contribution in [0.1, 0.15) is 22.3 Å². The van der Waals surface area contributed by atoms with E-state index in [1.807, 2.05) is 19.1 Å². The molecule has 0 saturated heterocycles. The Morgan fingerprint density at radius 1 is 1.23 bits per heavy atom. The molecule has 0 fully saturated rings. The van der Waals surface area contributed by atoms with Crippen LogP contribution in [0.15, 0.2) is 24.3 Å². The first kappa shape index (κ1) is 17.0. The Hall–Kier alpha value is -2.40. The number of halogens is 1. The van der Waals surface area contributed by atoms with Gasteiger partial charge in [-0.25, -0.2) is 4.79 Å². The molecule has 0 bridgehead atoms. The first-order valence-corrected chi connectivity index (χ1v) is 9.24. The zero-order chi connectivity index (χ0) is 18.1. The van der Waals surface area contributed by atoms with Gasteiger partial charge in [-0.3, -0.25) is 0 Å². The third kappa shape index (κ3) is 3.19. The second-order valence-corrected chi connectivity index (χ2v) is 6.97. The zero-order valence-electron chi connectivity index (χ0n) is 14.7. The van der Waals surface area contributed by atoms with Gasteiger partial charge in [0.05, 0.1) is 13.2 Å². The summed E-state index contributed by atoms with van der Waals surface area (Å²) < 4.78 is 11.6. The van der Waals surface area contributed by atoms with Gasteiger partial charge in [0.15, 0.2) is 0 Å². The lowest BCUT2D eigenvalue weighted by Gasteiger charge is -2.14. The average Bonchev–Trinajstić information content (AvgIpc) is 3.27. The van der Waals surface area contributed by atoms with Gasteiger partial charge < -0.3 is 20.1 Å². The second-order valence-electron chi connectivity index (χ2n) is 6.56. The quantitative estimate of drug-likeness (QED) is 0.856. The van der Waals surface area contributed by atoms with E-state index in [9.17, 15) is 4.79 Å². The van der Waals surface area contributed by atoms with Crippen molar-refractivity contribution in [3.63, 3.8) is 0 Å². The normalized spacial score (nSPS) is 14.2. The predicted octanol–water partition coefficient (Wildman–Crippen LogP) is 3.88. The van der Waals surface area contributed by atoms with Crippen molar-refractivity contribution in [2.45, 2.75) is 26.2 Å². The predicted molar refractivity (Wildman–Crippen MR) is 102 cm³/mol. The topological polar surface area (TPSA) is 59.6 Å². The molecule has 4 rings (SSSR count). The van der Waals surface area contributed by atoms with E-state index in [-0.39, 0.29) is 6.03 Å². The maximum atomic E-state index is 12.2. The molecule has 136 valence electrons. The molecule has 0 spiro atoms. The summed E-state index contributed by atoms with van der Waals surface area (Å²) >= 11 is 6.09. The largest absolute Gasteiger partial charge is 0.493 e. The van der Waals surface area contributed by atoms with Crippen LogP contribution in [0.5, 0.6) is 11.5 Å². The van der Waals surface area contributed by atoms with Gasteiger partial charge in [-0.15, -0.1) is 0 Å². The number of carbonyl (C=O) groups excluding carboxylic acids is 1. The molecule has 6 heteroatoms. The minimum absolute atomic E-state index is 0.239. The molecule has 5 nitrogen and oxygen atoms in total. The van der Waals surface area contributed by atoms with Crippen molar-refractivity contribution in [2.75, 3.05) is 25.1 Å². The van der Waals surface area contributed by atoms with E-state index in [2.05, 4.69) is 16.7 Å². The molecule has 26 heavy (non-hydrogen) atoms. The number of carbonyl (C=O) groups is 1. The number of fused-ring (bicyclic) bond motifs is 2. The number of anilines is 1. The van der Waals surface area contributed by atoms with Crippen molar-refractivity contribution in [1.82, 2.24) is 5.32 Å². The van der Waals surface area contributed by atoms with Crippen molar-refractivity contribution in [1.29, 1.82) is 0 Å². The molecule has 0 atom stereocenters. The summed E-state index contributed by atoms with van der Waals surface area (Å²) in [6, 6.07) is 7.33. The second kappa shape index (κ2) is 7.08. The number of rotatable bonds is 4. The van der Waals surface area contributed by atoms with Crippen LogP contribution in [0, 0.1) is 6.92 Å². The van der Waals surface area contributed by atoms with Crippen LogP contribution in [0.4, 0.5) is 10.5 Å². The lowest BCUT2D eigenvalue weighted by molar-refractivity contribution is 0.252. The highest BCUT2D eigenvalue weighted by Gasteiger charge is 2.26. The summed E-state index contributed by atoms with van der Waals surface area (Å²) in [6.45, 7) is 3.84. The van der Waals surface area contributed by atoms with Gasteiger partial charge in [-0.2, -0.15) is 0 Å². The number of nitrogens with one attached hydrogen (secondary N) is 2. The molecular weight excluding hydrogens is 352 g/mol. The van der Waals surface area contributed by atoms with Gasteiger partial charge in [0, 0.05) is 46.8 Å². The summed E-state index contributed by atoms with van der Waals surface area (Å²) in [7, 11) is 0. The Morgan fingerprint density at radius 3 is 2.96 bits per heavy atom. The van der Waals surface area contributed by atoms with Gasteiger partial charge in [0.25, 0.3) is 0 Å². The number of urea groups is 1. The van der Waals surface area contributed by atoms with Crippen molar-refractivity contribution in [3.8, 4) is 11.5 Å². The fraction of sp³-hybridized carbons (Fsp3) is 0.350. The van der Waals surface area contributed by atoms with E-state index >= 15 is 0 Å². The van der Waals surface area contributed by atoms with Gasteiger partial charge in [0.1, 0.15) is 11.5 Å². The summed E-state index contributed by atoms with van der Waals surface area (Å²) in [5.74, 6) is 1.96. The summed E-state index contributed by atoms with van der Waals surface area (Å²) in [4.78, 5) is 12.2. The Kier molecular flexibility index (Phi) is 4.64. The Bertz CT molecular complexity index is 834. The summed E-state index contributed by atoms with van der Waals surface area (Å²) in [5.41, 5.74) is 5.17. The van der Waals surface area contributed by atoms with Crippen LogP contribution in [-0.2, 0) is 19.3 Å². The highest BCUT2D eigenvalue weighted by atomic mass is 35.5. The van der Waals surface area contributed by atoms with E-state index in [0.717, 1.165) is 36.3 Å². The van der Waals surface area contributed by atoms with Crippen molar-refractivity contribution >= 4 is 23.3 Å². The molecule has 0 aliphatic carbocycles. The minimum atomic E-state index is -0.239. The molecule has 2 aliphatic heterocycles. The molecule has 2 amide bonds. The Morgan fingerprint density at radius 2 is 2.08 bits per heavy atom. The zero-order valence-corrected chi connectivity index (χ0v) is 15.4. The molecule has 2 aliphatic rings. The van der Waals surface area contributed by atoms with E-state index in [1.165, 1.54) is 16.7 Å². The molecule has 0 radical (unpaired) electrons. The van der Waals surface area contributed by atoms with Crippen molar-refractivity contribution < 1.29 is 14.3 Å². The monoisotopic (exact) mass is 372 g/mol. The van der Waals surface area contributed by atoms with Gasteiger partial charge in [0.2, 0.25) is 0 Å². The van der Waals surface area contributed by atoms with E-state index in [4.69, 9.17) is 21.1 Å². The first-order valence-electron chi connectivity index (χ1n) is 8.86. The Balaban J connectivity index is 1.41. The number of amides is 2. The molecule has 2 N–H and O–H groups in total. The fourth-order valence-corrected chi connectivity index (χ4v) is 3.73. The van der Waals surface area contributed by atoms with Crippen molar-refractivity contribution in [3.05, 3.63) is 51.5 Å². The van der Waals surface area contributed by atoms with Crippen LogP contribution in [0.3, 0.4) is 0 Å². The minimum Gasteiger partial charge on any atom is -0.493 e. The van der Waals surface area contributed by atoms with E-state index in [1.54, 1.807) is 6.07 Å². The van der Waals surface area contributed by atoms with Crippen LogP contribution in [0.2, 0.25) is 5.02 Å². The lowest BCUT2D eigenvalue weighted by atomic mass is 9.97. The van der Waals surface area contributed by atoms with Crippen LogP contribution >= 0.6 is 11.6 Å². The van der Waals surface area contributed by atoms with E-state index < -0.39 is 0 Å². The Labute approximate surface area is 157 Å². The average molecular weight is 373 g/mol. The molecule has 2 aromatic rings. The highest BCUT2D eigenvalue weighted by Crippen LogP contribution is 2.40. The number of hydrogen-bond donors (Lipinski definition) is 2. The summed E-state index contributed by atoms with van der Waals surface area (Å²) in [5, 5.41) is 6.41. The molecule has 0 saturated carbocycles. The standard InChI is InChI=1S/C20H21ClN2O3/c1-12-16(21)3-2-4-17(12)23-20(24)22-8-5-15-14-7-10-25-18(14)11-13-6-9-26-19(13)15/h2-4,11H,5-10H2,1H3,(H2,22,23,24). The fourth-order valence-electron chi connectivity index (χ4n) is 3.56. The molecule has 2 aromatic carbocycles. The maximum Gasteiger partial charge on any atom is 0.319 e. The van der Waals surface area contributed by atoms with Gasteiger partial charge in [-0.05, 0) is 37.1 Å². The third-order valence-electron chi connectivity index (χ3n) is 4.94. The summed E-state index contributed by atoms with van der Waals surface area (Å²) in [6.07, 6.45) is 2.53. The van der Waals surface area contributed by atoms with Gasteiger partial charge in [-0.1, -0.05) is 17.7 Å². The number of ether oxygens (including phenoxy) is 2. The smallest absolute Gasteiger partial charge is 0.319 e. The van der Waals surface area contributed by atoms with Crippen LogP contribution < -0.4 is 20.1 Å². The molecule has 0 unspecified atom stereocenters. The van der Waals surface area contributed by atoms with E-state index in [0.29, 0.717) is 30.5 Å². The van der Waals surface area contributed by atoms with Crippen molar-refractivity contribution in [2.24, 2.45) is 0 Å². The lowest BCUT2D eigenvalue weighted by Crippen LogP contribution is -2.30. The van der Waals surface area contributed by atoms with Gasteiger partial charge >= 0.3 is 6.03 Å². The number of benzene rings is 2. The number of hydrogen-bond acceptors (Lipinski definition) is 3. The molecular formula is C20H21ClN2O3. The SMILES string of the molecule is Cc1c(Cl)cccc1NC(=O)NCCc1c2c(cc3c1OCC3)OCC2. The highest BCUT2D eigenvalue weighted by molar-refractivity contribution is 6.31. The maximum absolute atomic E-state index is 12.2. The van der Waals surface area contributed by atoms with Crippen LogP contribution in [0.25, 0.3) is 0 Å². The third-order valence-corrected chi connectivity index (χ3v) is 5.35. The van der Waals surface area contributed by atoms with Crippen LogP contribution in [-0.4, -0.2) is 25.8 Å². The first-order chi connectivity index (χ1) is 12.6.